The Bertz CT molecular complexity index is 751. The van der Waals surface area contributed by atoms with Gasteiger partial charge in [0.1, 0.15) is 12.4 Å². The van der Waals surface area contributed by atoms with Crippen molar-refractivity contribution in [2.24, 2.45) is 5.92 Å². The largest absolute Gasteiger partial charge is 0.487 e. The molecule has 0 spiro atoms. The summed E-state index contributed by atoms with van der Waals surface area (Å²) in [4.78, 5) is 19.6. The first-order valence-electron chi connectivity index (χ1n) is 9.16. The number of morpholine rings is 1. The van der Waals surface area contributed by atoms with Gasteiger partial charge in [-0.05, 0) is 31.5 Å². The molecule has 0 radical (unpaired) electrons. The Hall–Kier alpha value is -2.24. The number of carbonyl (C=O) groups excluding carboxylic acids is 1. The van der Waals surface area contributed by atoms with E-state index in [1.54, 1.807) is 12.4 Å². The van der Waals surface area contributed by atoms with E-state index in [0.717, 1.165) is 31.6 Å². The van der Waals surface area contributed by atoms with E-state index in [4.69, 9.17) is 9.47 Å². The van der Waals surface area contributed by atoms with Crippen LogP contribution in [-0.4, -0.2) is 48.0 Å². The van der Waals surface area contributed by atoms with Gasteiger partial charge in [0.05, 0.1) is 19.4 Å². The molecule has 2 bridgehead atoms. The fraction of sp³-hybridized carbons (Fsp3) is 0.429. The van der Waals surface area contributed by atoms with Gasteiger partial charge in [-0.1, -0.05) is 30.3 Å². The number of ether oxygens (including phenoxy) is 2. The fourth-order valence-corrected chi connectivity index (χ4v) is 3.92. The summed E-state index contributed by atoms with van der Waals surface area (Å²) in [6.07, 6.45) is 5.01. The van der Waals surface area contributed by atoms with Crippen molar-refractivity contribution in [3.05, 3.63) is 59.9 Å². The molecule has 2 aliphatic heterocycles. The van der Waals surface area contributed by atoms with Gasteiger partial charge in [-0.25, -0.2) is 0 Å². The average Bonchev–Trinajstić information content (AvgIpc) is 2.67. The van der Waals surface area contributed by atoms with Gasteiger partial charge in [-0.3, -0.25) is 14.7 Å². The van der Waals surface area contributed by atoms with Crippen LogP contribution in [0.3, 0.4) is 0 Å². The molecule has 2 aromatic rings. The molecule has 3 heterocycles. The molecule has 26 heavy (non-hydrogen) atoms. The third-order valence-corrected chi connectivity index (χ3v) is 5.50. The number of hydrogen-bond donors (Lipinski definition) is 0. The average molecular weight is 352 g/mol. The molecule has 2 fully saturated rings. The highest BCUT2D eigenvalue weighted by Crippen LogP contribution is 2.32. The topological polar surface area (TPSA) is 51.7 Å². The number of likely N-dealkylation sites (N-methyl/N-ethyl adjacent to an activating group) is 1. The molecule has 5 heteroatoms. The van der Waals surface area contributed by atoms with Crippen molar-refractivity contribution in [1.29, 1.82) is 0 Å². The zero-order valence-corrected chi connectivity index (χ0v) is 15.0. The monoisotopic (exact) mass is 352 g/mol. The van der Waals surface area contributed by atoms with Crippen LogP contribution >= 0.6 is 0 Å². The highest BCUT2D eigenvalue weighted by atomic mass is 16.5. The van der Waals surface area contributed by atoms with Crippen LogP contribution in [0.4, 0.5) is 0 Å². The lowest BCUT2D eigenvalue weighted by molar-refractivity contribution is -0.0702. The highest BCUT2D eigenvalue weighted by Gasteiger charge is 2.39. The van der Waals surface area contributed by atoms with Gasteiger partial charge in [0.25, 0.3) is 0 Å². The summed E-state index contributed by atoms with van der Waals surface area (Å²) in [6.45, 7) is 1.90. The summed E-state index contributed by atoms with van der Waals surface area (Å²) in [5, 5.41) is 0. The van der Waals surface area contributed by atoms with Gasteiger partial charge in [0.2, 0.25) is 0 Å². The van der Waals surface area contributed by atoms with Gasteiger partial charge in [0, 0.05) is 29.8 Å². The number of ketones is 1. The second-order valence-corrected chi connectivity index (χ2v) is 7.23. The van der Waals surface area contributed by atoms with Crippen LogP contribution in [0.2, 0.25) is 0 Å². The summed E-state index contributed by atoms with van der Waals surface area (Å²) < 4.78 is 11.5. The number of hydrogen-bond acceptors (Lipinski definition) is 5. The van der Waals surface area contributed by atoms with E-state index < -0.39 is 0 Å². The number of aromatic nitrogens is 1. The molecule has 2 aliphatic rings. The van der Waals surface area contributed by atoms with Crippen LogP contribution in [0.5, 0.6) is 5.75 Å². The van der Waals surface area contributed by atoms with Crippen LogP contribution in [0, 0.1) is 5.92 Å². The smallest absolute Gasteiger partial charge is 0.167 e. The highest BCUT2D eigenvalue weighted by molar-refractivity contribution is 5.98. The zero-order chi connectivity index (χ0) is 17.9. The maximum Gasteiger partial charge on any atom is 0.167 e. The molecule has 4 rings (SSSR count). The van der Waals surface area contributed by atoms with Gasteiger partial charge >= 0.3 is 0 Å². The number of Topliss-reactive ketones (excluding diaryl/α,β-unsaturated/α-hetero) is 1. The van der Waals surface area contributed by atoms with E-state index in [2.05, 4.69) is 16.9 Å². The number of fused-ring (bicyclic) bond motifs is 2. The summed E-state index contributed by atoms with van der Waals surface area (Å²) in [5.41, 5.74) is 1.73. The van der Waals surface area contributed by atoms with E-state index in [1.807, 2.05) is 36.4 Å². The van der Waals surface area contributed by atoms with Crippen molar-refractivity contribution in [2.75, 3.05) is 20.3 Å². The predicted molar refractivity (Wildman–Crippen MR) is 98.2 cm³/mol. The standard InChI is InChI=1S/C21H24N2O3/c1-23-18-7-16(8-19(23)14-25-13-18)21(24)17-9-20(11-22-10-17)26-12-15-5-3-2-4-6-15/h2-6,9-11,16,18-19H,7-8,12-14H2,1H3. The van der Waals surface area contributed by atoms with Crippen molar-refractivity contribution in [1.82, 2.24) is 9.88 Å². The Morgan fingerprint density at radius 3 is 2.65 bits per heavy atom. The Labute approximate surface area is 153 Å². The minimum Gasteiger partial charge on any atom is -0.487 e. The summed E-state index contributed by atoms with van der Waals surface area (Å²) in [7, 11) is 2.14. The van der Waals surface area contributed by atoms with Gasteiger partial charge < -0.3 is 9.47 Å². The zero-order valence-electron chi connectivity index (χ0n) is 15.0. The fourth-order valence-electron chi connectivity index (χ4n) is 3.92. The lowest BCUT2D eigenvalue weighted by Gasteiger charge is -2.46. The second-order valence-electron chi connectivity index (χ2n) is 7.23. The Morgan fingerprint density at radius 2 is 1.92 bits per heavy atom. The third kappa shape index (κ3) is 3.64. The number of nitrogens with zero attached hydrogens (tertiary/aromatic N) is 2. The second kappa shape index (κ2) is 7.56. The molecular weight excluding hydrogens is 328 g/mol. The summed E-state index contributed by atoms with van der Waals surface area (Å²) >= 11 is 0. The molecule has 0 saturated carbocycles. The Kier molecular flexibility index (Phi) is 5.00. The minimum absolute atomic E-state index is 0.0382. The van der Waals surface area contributed by atoms with Crippen LogP contribution in [0.25, 0.3) is 0 Å². The molecule has 136 valence electrons. The molecule has 0 aliphatic carbocycles. The van der Waals surface area contributed by atoms with Gasteiger partial charge in [-0.2, -0.15) is 0 Å². The first-order chi connectivity index (χ1) is 12.7. The molecule has 2 atom stereocenters. The van der Waals surface area contributed by atoms with Crippen molar-refractivity contribution >= 4 is 5.78 Å². The number of carbonyl (C=O) groups is 1. The van der Waals surface area contributed by atoms with Gasteiger partial charge in [0.15, 0.2) is 5.78 Å². The molecule has 1 aromatic carbocycles. The first kappa shape index (κ1) is 17.2. The van der Waals surface area contributed by atoms with Crippen LogP contribution in [0.1, 0.15) is 28.8 Å². The predicted octanol–water partition coefficient (Wildman–Crippen LogP) is 2.95. The van der Waals surface area contributed by atoms with E-state index in [-0.39, 0.29) is 11.7 Å². The molecule has 1 aromatic heterocycles. The maximum atomic E-state index is 13.0. The molecule has 0 N–H and O–H groups in total. The van der Waals surface area contributed by atoms with Crippen molar-refractivity contribution < 1.29 is 14.3 Å². The van der Waals surface area contributed by atoms with Crippen molar-refractivity contribution in [3.8, 4) is 5.75 Å². The molecule has 0 amide bonds. The Morgan fingerprint density at radius 1 is 1.19 bits per heavy atom. The third-order valence-electron chi connectivity index (χ3n) is 5.50. The first-order valence-corrected chi connectivity index (χ1v) is 9.16. The normalized spacial score (nSPS) is 25.7. The lowest BCUT2D eigenvalue weighted by atomic mass is 9.81. The van der Waals surface area contributed by atoms with Crippen molar-refractivity contribution in [2.45, 2.75) is 31.5 Å². The number of piperidine rings is 1. The molecular formula is C21H24N2O3. The molecule has 5 nitrogen and oxygen atoms in total. The van der Waals surface area contributed by atoms with E-state index in [0.29, 0.717) is 30.0 Å². The van der Waals surface area contributed by atoms with Crippen LogP contribution in [0.15, 0.2) is 48.8 Å². The van der Waals surface area contributed by atoms with Crippen LogP contribution < -0.4 is 4.74 Å². The van der Waals surface area contributed by atoms with Crippen LogP contribution in [-0.2, 0) is 11.3 Å². The maximum absolute atomic E-state index is 13.0. The SMILES string of the molecule is CN1C2COCC1CC(C(=O)c1cncc(OCc3ccccc3)c1)C2. The number of pyridine rings is 1. The number of benzene rings is 1. The lowest BCUT2D eigenvalue weighted by Crippen LogP contribution is -2.55. The molecule has 2 unspecified atom stereocenters. The summed E-state index contributed by atoms with van der Waals surface area (Å²) in [6, 6.07) is 12.5. The van der Waals surface area contributed by atoms with Gasteiger partial charge in [-0.15, -0.1) is 0 Å². The Balaban J connectivity index is 1.43. The van der Waals surface area contributed by atoms with E-state index >= 15 is 0 Å². The quantitative estimate of drug-likeness (QED) is 0.775. The molecule has 2 saturated heterocycles. The van der Waals surface area contributed by atoms with E-state index in [1.165, 1.54) is 0 Å². The van der Waals surface area contributed by atoms with E-state index in [9.17, 15) is 4.79 Å². The van der Waals surface area contributed by atoms with Crippen molar-refractivity contribution in [3.63, 3.8) is 0 Å². The number of rotatable bonds is 5. The summed E-state index contributed by atoms with van der Waals surface area (Å²) in [5.74, 6) is 0.847. The minimum atomic E-state index is 0.0382.